The molecule has 0 aromatic carbocycles. The molecule has 0 amide bonds. The lowest BCUT2D eigenvalue weighted by Crippen LogP contribution is -1.87. The molecule has 0 unspecified atom stereocenters. The first-order chi connectivity index (χ1) is 6.20. The van der Waals surface area contributed by atoms with Crippen molar-refractivity contribution in [3.05, 3.63) is 22.1 Å². The summed E-state index contributed by atoms with van der Waals surface area (Å²) in [5.41, 5.74) is 7.50. The van der Waals surface area contributed by atoms with Crippen molar-refractivity contribution in [2.75, 3.05) is 5.73 Å². The third kappa shape index (κ3) is 1.21. The molecule has 0 aliphatic carbocycles. The van der Waals surface area contributed by atoms with E-state index >= 15 is 0 Å². The fourth-order valence-corrected chi connectivity index (χ4v) is 1.98. The standard InChI is InChI=1S/C8H8FN3S/c1-4-2-13-3-5(4)7-6(9)8(10)12-11-7/h2-3H,1H3,(H3,10,11,12). The number of rotatable bonds is 1. The topological polar surface area (TPSA) is 54.7 Å². The molecule has 13 heavy (non-hydrogen) atoms. The van der Waals surface area contributed by atoms with Crippen LogP contribution in [0.15, 0.2) is 10.8 Å². The van der Waals surface area contributed by atoms with Gasteiger partial charge in [0.2, 0.25) is 0 Å². The van der Waals surface area contributed by atoms with Gasteiger partial charge in [0, 0.05) is 10.9 Å². The van der Waals surface area contributed by atoms with Crippen molar-refractivity contribution in [1.82, 2.24) is 10.2 Å². The average Bonchev–Trinajstić information content (AvgIpc) is 2.62. The third-order valence-electron chi connectivity index (χ3n) is 1.86. The minimum Gasteiger partial charge on any atom is -0.380 e. The number of hydrogen-bond acceptors (Lipinski definition) is 3. The molecule has 3 N–H and O–H groups in total. The maximum Gasteiger partial charge on any atom is 0.192 e. The lowest BCUT2D eigenvalue weighted by molar-refractivity contribution is 0.636. The van der Waals surface area contributed by atoms with Crippen LogP contribution in [0.3, 0.4) is 0 Å². The van der Waals surface area contributed by atoms with Gasteiger partial charge in [-0.05, 0) is 17.9 Å². The minimum absolute atomic E-state index is 0.0828. The highest BCUT2D eigenvalue weighted by Crippen LogP contribution is 2.28. The summed E-state index contributed by atoms with van der Waals surface area (Å²) in [7, 11) is 0. The van der Waals surface area contributed by atoms with Gasteiger partial charge in [0.05, 0.1) is 0 Å². The molecule has 3 nitrogen and oxygen atoms in total. The van der Waals surface area contributed by atoms with Gasteiger partial charge < -0.3 is 5.73 Å². The van der Waals surface area contributed by atoms with E-state index in [-0.39, 0.29) is 5.82 Å². The second kappa shape index (κ2) is 2.85. The zero-order valence-electron chi connectivity index (χ0n) is 6.97. The van der Waals surface area contributed by atoms with E-state index in [1.807, 2.05) is 17.7 Å². The van der Waals surface area contributed by atoms with Gasteiger partial charge in [0.15, 0.2) is 11.6 Å². The fraction of sp³-hybridized carbons (Fsp3) is 0.125. The Hall–Kier alpha value is -1.36. The van der Waals surface area contributed by atoms with Crippen molar-refractivity contribution < 1.29 is 4.39 Å². The van der Waals surface area contributed by atoms with Crippen LogP contribution in [0.4, 0.5) is 10.2 Å². The lowest BCUT2D eigenvalue weighted by Gasteiger charge is -1.94. The van der Waals surface area contributed by atoms with Gasteiger partial charge in [-0.3, -0.25) is 5.10 Å². The van der Waals surface area contributed by atoms with Gasteiger partial charge in [0.25, 0.3) is 0 Å². The number of thiophene rings is 1. The second-order valence-electron chi connectivity index (χ2n) is 2.77. The third-order valence-corrected chi connectivity index (χ3v) is 2.72. The Balaban J connectivity index is 2.59. The molecule has 0 fully saturated rings. The van der Waals surface area contributed by atoms with Gasteiger partial charge in [0.1, 0.15) is 5.69 Å². The molecule has 2 aromatic heterocycles. The first kappa shape index (κ1) is 8.25. The Labute approximate surface area is 78.4 Å². The summed E-state index contributed by atoms with van der Waals surface area (Å²) in [5.74, 6) is -0.554. The molecule has 68 valence electrons. The van der Waals surface area contributed by atoms with Crippen LogP contribution >= 0.6 is 11.3 Å². The number of halogens is 1. The molecule has 0 saturated heterocycles. The van der Waals surface area contributed by atoms with Crippen LogP contribution < -0.4 is 5.73 Å². The Bertz CT molecular complexity index is 432. The fourth-order valence-electron chi connectivity index (χ4n) is 1.14. The zero-order chi connectivity index (χ0) is 9.42. The number of aryl methyl sites for hydroxylation is 1. The Kier molecular flexibility index (Phi) is 1.81. The summed E-state index contributed by atoms with van der Waals surface area (Å²) in [4.78, 5) is 0. The molecule has 0 bridgehead atoms. The van der Waals surface area contributed by atoms with Crippen molar-refractivity contribution in [3.8, 4) is 11.3 Å². The number of hydrogen-bond donors (Lipinski definition) is 2. The smallest absolute Gasteiger partial charge is 0.192 e. The summed E-state index contributed by atoms with van der Waals surface area (Å²) in [6.07, 6.45) is 0. The van der Waals surface area contributed by atoms with E-state index in [0.717, 1.165) is 11.1 Å². The normalized spacial score (nSPS) is 10.6. The van der Waals surface area contributed by atoms with E-state index in [9.17, 15) is 4.39 Å². The first-order valence-electron chi connectivity index (χ1n) is 3.72. The van der Waals surface area contributed by atoms with E-state index < -0.39 is 5.82 Å². The van der Waals surface area contributed by atoms with Crippen LogP contribution in [0.1, 0.15) is 5.56 Å². The summed E-state index contributed by atoms with van der Waals surface area (Å²) < 4.78 is 13.3. The number of aromatic amines is 1. The Morgan fingerprint density at radius 3 is 2.77 bits per heavy atom. The maximum atomic E-state index is 13.3. The molecule has 2 heterocycles. The Morgan fingerprint density at radius 1 is 1.54 bits per heavy atom. The zero-order valence-corrected chi connectivity index (χ0v) is 7.78. The minimum atomic E-state index is -0.471. The van der Waals surface area contributed by atoms with E-state index in [1.165, 1.54) is 11.3 Å². The molecule has 0 saturated carbocycles. The predicted molar refractivity (Wildman–Crippen MR) is 51.0 cm³/mol. The SMILES string of the molecule is Cc1cscc1-c1[nH]nc(N)c1F. The second-order valence-corrected chi connectivity index (χ2v) is 3.51. The van der Waals surface area contributed by atoms with E-state index in [2.05, 4.69) is 10.2 Å². The van der Waals surface area contributed by atoms with Gasteiger partial charge in [-0.1, -0.05) is 0 Å². The molecule has 0 radical (unpaired) electrons. The van der Waals surface area contributed by atoms with Gasteiger partial charge >= 0.3 is 0 Å². The van der Waals surface area contributed by atoms with E-state index in [1.54, 1.807) is 0 Å². The number of nitrogens with two attached hydrogens (primary N) is 1. The van der Waals surface area contributed by atoms with Crippen LogP contribution in [-0.2, 0) is 0 Å². The summed E-state index contributed by atoms with van der Waals surface area (Å²) >= 11 is 1.52. The number of nitrogens with zero attached hydrogens (tertiary/aromatic N) is 1. The summed E-state index contributed by atoms with van der Waals surface area (Å²) in [5, 5.41) is 9.99. The van der Waals surface area contributed by atoms with E-state index in [4.69, 9.17) is 5.73 Å². The highest BCUT2D eigenvalue weighted by molar-refractivity contribution is 7.08. The van der Waals surface area contributed by atoms with E-state index in [0.29, 0.717) is 5.69 Å². The van der Waals surface area contributed by atoms with Crippen molar-refractivity contribution in [1.29, 1.82) is 0 Å². The largest absolute Gasteiger partial charge is 0.380 e. The van der Waals surface area contributed by atoms with Crippen molar-refractivity contribution >= 4 is 17.2 Å². The molecule has 5 heteroatoms. The lowest BCUT2D eigenvalue weighted by atomic mass is 10.1. The van der Waals surface area contributed by atoms with Gasteiger partial charge in [-0.15, -0.1) is 0 Å². The van der Waals surface area contributed by atoms with Crippen LogP contribution in [0.25, 0.3) is 11.3 Å². The number of nitrogens with one attached hydrogen (secondary N) is 1. The molecular weight excluding hydrogens is 189 g/mol. The van der Waals surface area contributed by atoms with Crippen molar-refractivity contribution in [2.24, 2.45) is 0 Å². The number of anilines is 1. The molecule has 0 aliphatic rings. The summed E-state index contributed by atoms with van der Waals surface area (Å²) in [6.45, 7) is 1.92. The van der Waals surface area contributed by atoms with Crippen LogP contribution in [0.5, 0.6) is 0 Å². The number of nitrogen functional groups attached to an aromatic ring is 1. The molecule has 0 spiro atoms. The molecule has 0 aliphatic heterocycles. The van der Waals surface area contributed by atoms with Crippen LogP contribution in [0, 0.1) is 12.7 Å². The van der Waals surface area contributed by atoms with Gasteiger partial charge in [-0.2, -0.15) is 16.4 Å². The monoisotopic (exact) mass is 197 g/mol. The highest BCUT2D eigenvalue weighted by atomic mass is 32.1. The molecule has 2 rings (SSSR count). The van der Waals surface area contributed by atoms with Crippen LogP contribution in [0.2, 0.25) is 0 Å². The maximum absolute atomic E-state index is 13.3. The predicted octanol–water partition coefficient (Wildman–Crippen LogP) is 2.17. The number of H-pyrrole nitrogens is 1. The van der Waals surface area contributed by atoms with Gasteiger partial charge in [-0.25, -0.2) is 4.39 Å². The average molecular weight is 197 g/mol. The molecule has 0 atom stereocenters. The molecular formula is C8H8FN3S. The highest BCUT2D eigenvalue weighted by Gasteiger charge is 2.13. The quantitative estimate of drug-likeness (QED) is 0.736. The van der Waals surface area contributed by atoms with Crippen molar-refractivity contribution in [3.63, 3.8) is 0 Å². The summed E-state index contributed by atoms with van der Waals surface area (Å²) in [6, 6.07) is 0. The van der Waals surface area contributed by atoms with Crippen molar-refractivity contribution in [2.45, 2.75) is 6.92 Å². The number of aromatic nitrogens is 2. The first-order valence-corrected chi connectivity index (χ1v) is 4.67. The van der Waals surface area contributed by atoms with Crippen LogP contribution in [-0.4, -0.2) is 10.2 Å². The molecule has 2 aromatic rings. The Morgan fingerprint density at radius 2 is 2.31 bits per heavy atom.